The minimum Gasteiger partial charge on any atom is -0.306 e. The lowest BCUT2D eigenvalue weighted by molar-refractivity contribution is -0.124. The summed E-state index contributed by atoms with van der Waals surface area (Å²) in [5, 5.41) is 0.736. The number of thioether (sulfide) groups is 1. The van der Waals surface area contributed by atoms with Gasteiger partial charge in [0.15, 0.2) is 0 Å². The first kappa shape index (κ1) is 52.2. The van der Waals surface area contributed by atoms with Gasteiger partial charge in [-0.2, -0.15) is 0 Å². The number of carbonyl (C=O) groups is 2. The van der Waals surface area contributed by atoms with E-state index in [0.29, 0.717) is 36.1 Å². The van der Waals surface area contributed by atoms with Crippen molar-refractivity contribution in [3.63, 3.8) is 0 Å². The summed E-state index contributed by atoms with van der Waals surface area (Å²) in [7, 11) is 0. The molecular weight excluding hydrogens is 775 g/mol. The van der Waals surface area contributed by atoms with Gasteiger partial charge in [0.1, 0.15) is 5.04 Å². The Balaban J connectivity index is 2.19. The minimum absolute atomic E-state index is 0.0141. The van der Waals surface area contributed by atoms with E-state index in [-0.39, 0.29) is 22.0 Å². The Kier molecular flexibility index (Phi) is 23.6. The molecule has 0 aromatic carbocycles. The van der Waals surface area contributed by atoms with Crippen LogP contribution in [-0.2, 0) is 15.0 Å². The molecular formula is C53H89N3O2S2. The third-order valence-corrected chi connectivity index (χ3v) is 14.9. The van der Waals surface area contributed by atoms with Crippen molar-refractivity contribution < 1.29 is 9.59 Å². The number of nitrogens with zero attached hydrogens (tertiary/aromatic N) is 3. The van der Waals surface area contributed by atoms with Gasteiger partial charge in [-0.1, -0.05) is 216 Å². The molecule has 2 atom stereocenters. The van der Waals surface area contributed by atoms with Crippen molar-refractivity contribution >= 4 is 45.7 Å². The van der Waals surface area contributed by atoms with E-state index in [4.69, 9.17) is 4.99 Å². The first-order valence-electron chi connectivity index (χ1n) is 24.8. The molecule has 0 fully saturated rings. The van der Waals surface area contributed by atoms with Crippen LogP contribution in [0.5, 0.6) is 0 Å². The molecule has 1 aromatic heterocycles. The summed E-state index contributed by atoms with van der Waals surface area (Å²) in [5.41, 5.74) is 2.72. The number of amides is 2. The molecule has 0 saturated carbocycles. The van der Waals surface area contributed by atoms with Gasteiger partial charge < -0.3 is 9.80 Å². The fourth-order valence-corrected chi connectivity index (χ4v) is 11.1. The van der Waals surface area contributed by atoms with Crippen molar-refractivity contribution in [1.29, 1.82) is 0 Å². The van der Waals surface area contributed by atoms with Crippen LogP contribution in [0.2, 0.25) is 0 Å². The highest BCUT2D eigenvalue weighted by atomic mass is 32.2. The molecule has 0 aliphatic carbocycles. The highest BCUT2D eigenvalue weighted by molar-refractivity contribution is 8.15. The van der Waals surface area contributed by atoms with E-state index in [1.807, 2.05) is 4.90 Å². The van der Waals surface area contributed by atoms with E-state index in [0.717, 1.165) is 47.0 Å². The fourth-order valence-electron chi connectivity index (χ4n) is 8.92. The molecule has 0 N–H and O–H groups in total. The van der Waals surface area contributed by atoms with Crippen LogP contribution in [0.4, 0.5) is 0 Å². The second kappa shape index (κ2) is 27.2. The van der Waals surface area contributed by atoms with Crippen LogP contribution in [-0.4, -0.2) is 44.5 Å². The Morgan fingerprint density at radius 3 is 1.47 bits per heavy atom. The quantitative estimate of drug-likeness (QED) is 0.0424. The van der Waals surface area contributed by atoms with Crippen molar-refractivity contribution in [3.8, 4) is 0 Å². The molecule has 3 rings (SSSR count). The van der Waals surface area contributed by atoms with Gasteiger partial charge in [-0.15, -0.1) is 11.3 Å². The fraction of sp³-hybridized carbons (Fsp3) is 0.755. The molecule has 0 spiro atoms. The average molecular weight is 864 g/mol. The van der Waals surface area contributed by atoms with E-state index in [9.17, 15) is 0 Å². The summed E-state index contributed by atoms with van der Waals surface area (Å²) in [6, 6.07) is 4.41. The van der Waals surface area contributed by atoms with E-state index >= 15 is 9.59 Å². The summed E-state index contributed by atoms with van der Waals surface area (Å²) >= 11 is 3.41. The molecule has 60 heavy (non-hydrogen) atoms. The molecule has 340 valence electrons. The Morgan fingerprint density at radius 1 is 0.633 bits per heavy atom. The zero-order valence-corrected chi connectivity index (χ0v) is 42.1. The normalized spacial score (nSPS) is 16.2. The van der Waals surface area contributed by atoms with Crippen molar-refractivity contribution in [2.45, 2.75) is 233 Å². The Labute approximate surface area is 378 Å². The SMILES string of the molecule is C=C/N=C(\SC(C)(C)C)C1=C2C(=O)N(CC(CCCCCC)CCCCCCCC)C(c3ccc(C(C)(C)C)s3)=C2C(=O)N1CC(CCCCCC)CCCCCCCC. The standard InChI is InChI=1S/C53H89N3O2S2/c1-12-17-21-25-27-31-35-41(33-29-23-19-14-3)39-55-47(43-37-38-44(59-43)52(6,7)8)45-46(51(55)58)48(49(54-16-5)60-53(9,10)11)56(50(45)57)40-42(34-30-24-20-15-4)36-32-28-26-22-18-13-2/h16,37-38,41-42H,5,12-15,17-36,39-40H2,1-4,6-11H3/b54-49-. The monoisotopic (exact) mass is 864 g/mol. The summed E-state index contributed by atoms with van der Waals surface area (Å²) in [4.78, 5) is 42.3. The minimum atomic E-state index is -0.186. The number of thiophene rings is 1. The number of unbranched alkanes of at least 4 members (excludes halogenated alkanes) is 16. The molecule has 2 aliphatic rings. The van der Waals surface area contributed by atoms with Gasteiger partial charge in [0.25, 0.3) is 11.8 Å². The lowest BCUT2D eigenvalue weighted by Gasteiger charge is -2.31. The molecule has 0 saturated heterocycles. The first-order valence-corrected chi connectivity index (χ1v) is 26.5. The lowest BCUT2D eigenvalue weighted by Crippen LogP contribution is -2.37. The predicted octanol–water partition coefficient (Wildman–Crippen LogP) is 16.4. The van der Waals surface area contributed by atoms with Crippen LogP contribution < -0.4 is 0 Å². The van der Waals surface area contributed by atoms with E-state index in [2.05, 4.69) is 92.8 Å². The maximum Gasteiger partial charge on any atom is 0.261 e. The second-order valence-electron chi connectivity index (χ2n) is 20.1. The topological polar surface area (TPSA) is 53.0 Å². The number of hydrogen-bond acceptors (Lipinski definition) is 5. The number of carbonyl (C=O) groups excluding carboxylic acids is 2. The Morgan fingerprint density at radius 2 is 1.05 bits per heavy atom. The number of rotatable bonds is 31. The Hall–Kier alpha value is -2.12. The smallest absolute Gasteiger partial charge is 0.261 e. The zero-order chi connectivity index (χ0) is 44.1. The third kappa shape index (κ3) is 16.5. The van der Waals surface area contributed by atoms with Crippen molar-refractivity contribution in [3.05, 3.63) is 51.5 Å². The van der Waals surface area contributed by atoms with Crippen LogP contribution in [0.25, 0.3) is 5.70 Å². The molecule has 3 heterocycles. The van der Waals surface area contributed by atoms with Crippen LogP contribution in [0.1, 0.15) is 233 Å². The van der Waals surface area contributed by atoms with Crippen LogP contribution in [0, 0.1) is 11.8 Å². The van der Waals surface area contributed by atoms with Gasteiger partial charge in [0.2, 0.25) is 0 Å². The maximum atomic E-state index is 15.5. The molecule has 0 radical (unpaired) electrons. The van der Waals surface area contributed by atoms with Crippen LogP contribution in [0.15, 0.2) is 46.7 Å². The summed E-state index contributed by atoms with van der Waals surface area (Å²) < 4.78 is -0.186. The molecule has 7 heteroatoms. The average Bonchev–Trinajstić information content (AvgIpc) is 3.87. The Bertz CT molecular complexity index is 1550. The number of hydrogen-bond donors (Lipinski definition) is 0. The summed E-state index contributed by atoms with van der Waals surface area (Å²) in [5.74, 6) is 0.726. The summed E-state index contributed by atoms with van der Waals surface area (Å²) in [6.07, 6.45) is 31.0. The molecule has 5 nitrogen and oxygen atoms in total. The highest BCUT2D eigenvalue weighted by Gasteiger charge is 2.51. The largest absolute Gasteiger partial charge is 0.306 e. The molecule has 1 aromatic rings. The van der Waals surface area contributed by atoms with Crippen LogP contribution in [0.3, 0.4) is 0 Å². The molecule has 2 unspecified atom stereocenters. The van der Waals surface area contributed by atoms with Gasteiger partial charge in [-0.25, -0.2) is 4.99 Å². The van der Waals surface area contributed by atoms with E-state index in [1.165, 1.54) is 133 Å². The highest BCUT2D eigenvalue weighted by Crippen LogP contribution is 2.49. The van der Waals surface area contributed by atoms with Gasteiger partial charge >= 0.3 is 0 Å². The van der Waals surface area contributed by atoms with Crippen molar-refractivity contribution in [2.24, 2.45) is 16.8 Å². The van der Waals surface area contributed by atoms with Crippen molar-refractivity contribution in [1.82, 2.24) is 9.80 Å². The van der Waals surface area contributed by atoms with Gasteiger partial charge in [-0.05, 0) is 55.1 Å². The first-order chi connectivity index (χ1) is 28.7. The molecule has 2 amide bonds. The maximum absolute atomic E-state index is 15.5. The van der Waals surface area contributed by atoms with E-state index < -0.39 is 0 Å². The number of fused-ring (bicyclic) bond motifs is 1. The van der Waals surface area contributed by atoms with Gasteiger partial charge in [0.05, 0.1) is 27.4 Å². The van der Waals surface area contributed by atoms with Gasteiger partial charge in [-0.3, -0.25) is 9.59 Å². The molecule has 0 bridgehead atoms. The van der Waals surface area contributed by atoms with E-state index in [1.54, 1.807) is 29.3 Å². The predicted molar refractivity (Wildman–Crippen MR) is 266 cm³/mol. The van der Waals surface area contributed by atoms with Gasteiger partial charge in [0, 0.05) is 28.9 Å². The lowest BCUT2D eigenvalue weighted by atomic mass is 9.93. The number of aliphatic imine (C=N–C) groups is 1. The summed E-state index contributed by atoms with van der Waals surface area (Å²) in [6.45, 7) is 27.8. The molecule has 2 aliphatic heterocycles. The second-order valence-corrected chi connectivity index (χ2v) is 23.0. The van der Waals surface area contributed by atoms with Crippen molar-refractivity contribution in [2.75, 3.05) is 13.1 Å². The third-order valence-electron chi connectivity index (χ3n) is 12.3. The van der Waals surface area contributed by atoms with Crippen LogP contribution >= 0.6 is 23.1 Å². The zero-order valence-electron chi connectivity index (χ0n) is 40.5.